The van der Waals surface area contributed by atoms with Gasteiger partial charge in [-0.15, -0.1) is 0 Å². The molecule has 0 fully saturated rings. The molecule has 0 amide bonds. The third-order valence-electron chi connectivity index (χ3n) is 2.68. The molecule has 0 N–H and O–H groups in total. The van der Waals surface area contributed by atoms with Crippen molar-refractivity contribution < 1.29 is 8.78 Å². The monoisotopic (exact) mass is 186 g/mol. The lowest BCUT2D eigenvalue weighted by atomic mass is 9.85. The van der Waals surface area contributed by atoms with Crippen molar-refractivity contribution >= 4 is 0 Å². The summed E-state index contributed by atoms with van der Waals surface area (Å²) >= 11 is 0. The first-order valence-electron chi connectivity index (χ1n) is 4.89. The van der Waals surface area contributed by atoms with Crippen LogP contribution < -0.4 is 0 Å². The normalized spacial score (nSPS) is 27.3. The average molecular weight is 186 g/mol. The molecular formula is C11H16F2. The molecule has 1 unspecified atom stereocenters. The van der Waals surface area contributed by atoms with Gasteiger partial charge in [-0.05, 0) is 30.6 Å². The summed E-state index contributed by atoms with van der Waals surface area (Å²) in [5.41, 5.74) is 0. The van der Waals surface area contributed by atoms with E-state index in [1.54, 1.807) is 0 Å². The van der Waals surface area contributed by atoms with E-state index in [0.717, 1.165) is 6.42 Å². The van der Waals surface area contributed by atoms with E-state index in [2.05, 4.69) is 19.8 Å². The summed E-state index contributed by atoms with van der Waals surface area (Å²) in [6.07, 6.45) is 2.14. The molecule has 1 rings (SSSR count). The Morgan fingerprint density at radius 3 is 2.62 bits per heavy atom. The number of alkyl halides is 2. The quantitative estimate of drug-likeness (QED) is 0.550. The molecule has 0 bridgehead atoms. The maximum Gasteiger partial charge on any atom is 0.308 e. The standard InChI is InChI=1S/C11H16F2/c1-9(2)10-5-3-4-7-11(12,13)8-6-10/h9-10H,3,5-6,8H2,1-2H3. The molecule has 1 atom stereocenters. The van der Waals surface area contributed by atoms with Crippen LogP contribution in [0.2, 0.25) is 0 Å². The molecule has 2 heteroatoms. The van der Waals surface area contributed by atoms with Crippen molar-refractivity contribution in [3.63, 3.8) is 0 Å². The molecule has 13 heavy (non-hydrogen) atoms. The molecule has 74 valence electrons. The largest absolute Gasteiger partial charge is 0.308 e. The van der Waals surface area contributed by atoms with Gasteiger partial charge in [0.2, 0.25) is 0 Å². The Balaban J connectivity index is 2.60. The van der Waals surface area contributed by atoms with Gasteiger partial charge in [0.25, 0.3) is 0 Å². The SMILES string of the molecule is CC(C)C1CCC#CC(F)(F)CC1. The molecule has 0 aliphatic heterocycles. The Kier molecular flexibility index (Phi) is 3.30. The zero-order chi connectivity index (χ0) is 9.90. The fraction of sp³-hybridized carbons (Fsp3) is 0.818. The molecule has 0 aromatic carbocycles. The molecule has 0 radical (unpaired) electrons. The Morgan fingerprint density at radius 1 is 1.31 bits per heavy atom. The van der Waals surface area contributed by atoms with Gasteiger partial charge in [0, 0.05) is 12.8 Å². The van der Waals surface area contributed by atoms with Crippen LogP contribution in [0.1, 0.15) is 39.5 Å². The van der Waals surface area contributed by atoms with Gasteiger partial charge >= 0.3 is 5.92 Å². The van der Waals surface area contributed by atoms with E-state index in [0.29, 0.717) is 24.7 Å². The first-order chi connectivity index (χ1) is 6.01. The molecule has 1 aliphatic carbocycles. The predicted molar refractivity (Wildman–Crippen MR) is 49.5 cm³/mol. The lowest BCUT2D eigenvalue weighted by Gasteiger charge is -2.22. The number of hydrogen-bond donors (Lipinski definition) is 0. The van der Waals surface area contributed by atoms with E-state index < -0.39 is 5.92 Å². The summed E-state index contributed by atoms with van der Waals surface area (Å²) in [7, 11) is 0. The van der Waals surface area contributed by atoms with E-state index in [1.165, 1.54) is 0 Å². The molecule has 0 spiro atoms. The lowest BCUT2D eigenvalue weighted by Crippen LogP contribution is -2.19. The van der Waals surface area contributed by atoms with E-state index in [9.17, 15) is 8.78 Å². The van der Waals surface area contributed by atoms with Gasteiger partial charge in [-0.2, -0.15) is 8.78 Å². The molecule has 0 aromatic heterocycles. The van der Waals surface area contributed by atoms with Gasteiger partial charge in [0.1, 0.15) is 0 Å². The third kappa shape index (κ3) is 3.34. The minimum absolute atomic E-state index is 0.0666. The summed E-state index contributed by atoms with van der Waals surface area (Å²) < 4.78 is 25.8. The lowest BCUT2D eigenvalue weighted by molar-refractivity contribution is 0.0446. The Morgan fingerprint density at radius 2 is 2.00 bits per heavy atom. The van der Waals surface area contributed by atoms with E-state index in [1.807, 2.05) is 5.92 Å². The van der Waals surface area contributed by atoms with Crippen LogP contribution in [0.3, 0.4) is 0 Å². The van der Waals surface area contributed by atoms with E-state index in [4.69, 9.17) is 0 Å². The van der Waals surface area contributed by atoms with Gasteiger partial charge in [-0.3, -0.25) is 0 Å². The zero-order valence-corrected chi connectivity index (χ0v) is 8.24. The van der Waals surface area contributed by atoms with Crippen LogP contribution >= 0.6 is 0 Å². The van der Waals surface area contributed by atoms with Crippen LogP contribution in [0, 0.1) is 23.7 Å². The summed E-state index contributed by atoms with van der Waals surface area (Å²) in [5, 5.41) is 0. The minimum Gasteiger partial charge on any atom is -0.192 e. The van der Waals surface area contributed by atoms with Crippen molar-refractivity contribution in [2.24, 2.45) is 11.8 Å². The van der Waals surface area contributed by atoms with Gasteiger partial charge in [0.05, 0.1) is 0 Å². The number of halogens is 2. The molecule has 0 aromatic rings. The van der Waals surface area contributed by atoms with Crippen molar-refractivity contribution in [3.05, 3.63) is 0 Å². The maximum absolute atomic E-state index is 12.9. The number of rotatable bonds is 1. The topological polar surface area (TPSA) is 0 Å². The summed E-state index contributed by atoms with van der Waals surface area (Å²) in [6.45, 7) is 4.19. The Bertz CT molecular complexity index is 220. The van der Waals surface area contributed by atoms with Crippen LogP contribution in [0.15, 0.2) is 0 Å². The highest BCUT2D eigenvalue weighted by Crippen LogP contribution is 2.30. The van der Waals surface area contributed by atoms with Crippen LogP contribution in [0.5, 0.6) is 0 Å². The highest BCUT2D eigenvalue weighted by atomic mass is 19.3. The first-order valence-corrected chi connectivity index (χ1v) is 4.89. The first kappa shape index (κ1) is 10.5. The highest BCUT2D eigenvalue weighted by Gasteiger charge is 2.28. The van der Waals surface area contributed by atoms with E-state index in [-0.39, 0.29) is 6.42 Å². The molecular weight excluding hydrogens is 170 g/mol. The van der Waals surface area contributed by atoms with Crippen molar-refractivity contribution in [2.75, 3.05) is 0 Å². The van der Waals surface area contributed by atoms with Crippen LogP contribution in [0.25, 0.3) is 0 Å². The van der Waals surface area contributed by atoms with Crippen molar-refractivity contribution in [3.8, 4) is 11.8 Å². The third-order valence-corrected chi connectivity index (χ3v) is 2.68. The van der Waals surface area contributed by atoms with Gasteiger partial charge < -0.3 is 0 Å². The minimum atomic E-state index is -2.74. The van der Waals surface area contributed by atoms with Gasteiger partial charge in [-0.1, -0.05) is 19.8 Å². The van der Waals surface area contributed by atoms with Crippen LogP contribution in [-0.2, 0) is 0 Å². The zero-order valence-electron chi connectivity index (χ0n) is 8.24. The smallest absolute Gasteiger partial charge is 0.192 e. The van der Waals surface area contributed by atoms with Gasteiger partial charge in [0.15, 0.2) is 0 Å². The highest BCUT2D eigenvalue weighted by molar-refractivity contribution is 5.10. The fourth-order valence-electron chi connectivity index (χ4n) is 1.69. The Hall–Kier alpha value is -0.580. The second kappa shape index (κ2) is 4.09. The van der Waals surface area contributed by atoms with E-state index >= 15 is 0 Å². The molecule has 0 nitrogen and oxygen atoms in total. The number of hydrogen-bond acceptors (Lipinski definition) is 0. The summed E-state index contributed by atoms with van der Waals surface area (Å²) in [6, 6.07) is 0. The fourth-order valence-corrected chi connectivity index (χ4v) is 1.69. The van der Waals surface area contributed by atoms with Crippen molar-refractivity contribution in [1.82, 2.24) is 0 Å². The molecule has 0 heterocycles. The summed E-state index contributed by atoms with van der Waals surface area (Å²) in [4.78, 5) is 0. The van der Waals surface area contributed by atoms with Crippen LogP contribution in [-0.4, -0.2) is 5.92 Å². The summed E-state index contributed by atoms with van der Waals surface area (Å²) in [5.74, 6) is 2.77. The van der Waals surface area contributed by atoms with Crippen molar-refractivity contribution in [2.45, 2.75) is 45.5 Å². The molecule has 0 saturated heterocycles. The molecule has 1 aliphatic rings. The second-order valence-corrected chi connectivity index (χ2v) is 4.09. The second-order valence-electron chi connectivity index (χ2n) is 4.09. The average Bonchev–Trinajstić information content (AvgIpc) is 1.98. The maximum atomic E-state index is 12.9. The van der Waals surface area contributed by atoms with Gasteiger partial charge in [-0.25, -0.2) is 0 Å². The predicted octanol–water partition coefficient (Wildman–Crippen LogP) is 3.47. The van der Waals surface area contributed by atoms with Crippen LogP contribution in [0.4, 0.5) is 8.78 Å². The molecule has 0 saturated carbocycles. The Labute approximate surface area is 78.7 Å². The van der Waals surface area contributed by atoms with Crippen molar-refractivity contribution in [1.29, 1.82) is 0 Å².